The lowest BCUT2D eigenvalue weighted by Crippen LogP contribution is -2.51. The van der Waals surface area contributed by atoms with Crippen molar-refractivity contribution in [3.05, 3.63) is 66.4 Å². The molecule has 2 aliphatic heterocycles. The lowest BCUT2D eigenvalue weighted by atomic mass is 9.75. The van der Waals surface area contributed by atoms with Gasteiger partial charge in [0.25, 0.3) is 5.91 Å². The third-order valence-electron chi connectivity index (χ3n) is 6.20. The molecule has 1 aromatic carbocycles. The number of pyridine rings is 1. The van der Waals surface area contributed by atoms with Gasteiger partial charge in [0.1, 0.15) is 23.4 Å². The third kappa shape index (κ3) is 3.45. The highest BCUT2D eigenvalue weighted by molar-refractivity contribution is 6.07. The minimum Gasteiger partial charge on any atom is -0.497 e. The lowest BCUT2D eigenvalue weighted by molar-refractivity contribution is -0.133. The highest BCUT2D eigenvalue weighted by atomic mass is 16.5. The van der Waals surface area contributed by atoms with Crippen molar-refractivity contribution in [1.82, 2.24) is 19.9 Å². The lowest BCUT2D eigenvalue weighted by Gasteiger charge is -2.43. The number of guanidine groups is 1. The molecule has 3 aromatic rings. The average molecular weight is 444 g/mol. The number of amides is 1. The fourth-order valence-electron chi connectivity index (χ4n) is 4.64. The van der Waals surface area contributed by atoms with Crippen LogP contribution in [0, 0.1) is 0 Å². The van der Waals surface area contributed by atoms with Crippen molar-refractivity contribution in [3.8, 4) is 22.8 Å². The number of aliphatic imine (C=N–C) groups is 1. The molecule has 9 nitrogen and oxygen atoms in total. The number of carbonyl (C=O) groups excluding carboxylic acids is 1. The van der Waals surface area contributed by atoms with E-state index in [-0.39, 0.29) is 11.9 Å². The number of carbonyl (C=O) groups is 1. The highest BCUT2D eigenvalue weighted by Gasteiger charge is 2.56. The summed E-state index contributed by atoms with van der Waals surface area (Å²) in [6.07, 6.45) is 7.34. The molecule has 0 fully saturated rings. The zero-order valence-corrected chi connectivity index (χ0v) is 18.6. The van der Waals surface area contributed by atoms with E-state index in [0.717, 1.165) is 16.9 Å². The van der Waals surface area contributed by atoms with Crippen molar-refractivity contribution in [2.75, 3.05) is 14.2 Å². The summed E-state index contributed by atoms with van der Waals surface area (Å²) >= 11 is 0. The number of benzene rings is 1. The first-order chi connectivity index (χ1) is 15.8. The minimum absolute atomic E-state index is 0.182. The van der Waals surface area contributed by atoms with E-state index in [0.29, 0.717) is 29.8 Å². The number of ether oxygens (including phenoxy) is 2. The van der Waals surface area contributed by atoms with E-state index in [1.54, 1.807) is 32.7 Å². The number of hydrogen-bond donors (Lipinski definition) is 1. The summed E-state index contributed by atoms with van der Waals surface area (Å²) in [6.45, 7) is 1.98. The molecular formula is C24H24N6O3. The van der Waals surface area contributed by atoms with Crippen molar-refractivity contribution in [3.63, 3.8) is 0 Å². The van der Waals surface area contributed by atoms with Gasteiger partial charge in [0, 0.05) is 43.4 Å². The number of nitrogens with two attached hydrogens (primary N) is 1. The Labute approximate surface area is 191 Å². The van der Waals surface area contributed by atoms with Crippen molar-refractivity contribution in [2.45, 2.75) is 30.9 Å². The van der Waals surface area contributed by atoms with E-state index in [1.807, 2.05) is 37.3 Å². The van der Waals surface area contributed by atoms with Gasteiger partial charge in [0.15, 0.2) is 11.5 Å². The first kappa shape index (κ1) is 20.9. The number of hydrogen-bond acceptors (Lipinski definition) is 8. The number of methoxy groups -OCH3 is 1. The molecule has 168 valence electrons. The van der Waals surface area contributed by atoms with Gasteiger partial charge in [0.2, 0.25) is 0 Å². The van der Waals surface area contributed by atoms with Gasteiger partial charge in [-0.1, -0.05) is 12.1 Å². The van der Waals surface area contributed by atoms with Gasteiger partial charge in [0.05, 0.1) is 19.0 Å². The first-order valence-corrected chi connectivity index (χ1v) is 10.5. The molecule has 2 aromatic heterocycles. The number of likely N-dealkylation sites (N-methyl/N-ethyl adjacent to an activating group) is 1. The monoisotopic (exact) mass is 444 g/mol. The Balaban J connectivity index is 1.60. The van der Waals surface area contributed by atoms with E-state index in [2.05, 4.69) is 15.0 Å². The van der Waals surface area contributed by atoms with Crippen LogP contribution < -0.4 is 15.2 Å². The molecule has 0 aliphatic carbocycles. The van der Waals surface area contributed by atoms with Crippen LogP contribution in [0.4, 0.5) is 0 Å². The summed E-state index contributed by atoms with van der Waals surface area (Å²) in [4.78, 5) is 32.3. The number of aromatic nitrogens is 3. The van der Waals surface area contributed by atoms with Crippen LogP contribution in [0.2, 0.25) is 0 Å². The first-order valence-electron chi connectivity index (χ1n) is 10.5. The van der Waals surface area contributed by atoms with Gasteiger partial charge in [-0.3, -0.25) is 14.7 Å². The van der Waals surface area contributed by atoms with E-state index in [9.17, 15) is 4.79 Å². The van der Waals surface area contributed by atoms with Crippen LogP contribution >= 0.6 is 0 Å². The number of rotatable bonds is 4. The van der Waals surface area contributed by atoms with Gasteiger partial charge in [-0.25, -0.2) is 15.0 Å². The van der Waals surface area contributed by atoms with Gasteiger partial charge < -0.3 is 15.2 Å². The Hall–Kier alpha value is -4.01. The maximum absolute atomic E-state index is 13.5. The summed E-state index contributed by atoms with van der Waals surface area (Å²) in [5, 5.41) is 0. The quantitative estimate of drug-likeness (QED) is 0.656. The van der Waals surface area contributed by atoms with Crippen LogP contribution in [0.3, 0.4) is 0 Å². The standard InChI is InChI=1S/C24H24N6O3/c1-23(9-15-4-6-17(32-3)7-5-15)13-24(21(31)30(2)22(25)29-24)18-8-19(28-12-20(18)33-23)16-10-26-14-27-11-16/h4-8,10-12,14H,9,13H2,1-3H3,(H2,25,29)/t23-,24?/m1/s1. The minimum atomic E-state index is -1.19. The molecule has 1 spiro atoms. The average Bonchev–Trinajstić information content (AvgIpc) is 3.03. The van der Waals surface area contributed by atoms with Crippen LogP contribution in [0.15, 0.2) is 60.2 Å². The zero-order chi connectivity index (χ0) is 23.2. The van der Waals surface area contributed by atoms with Crippen molar-refractivity contribution in [2.24, 2.45) is 10.7 Å². The SMILES string of the molecule is COc1ccc(C[C@]2(C)CC3(N=C(N)N(C)C3=O)c3cc(-c4cncnc4)ncc3O2)cc1. The maximum Gasteiger partial charge on any atom is 0.261 e. The second kappa shape index (κ2) is 7.54. The smallest absolute Gasteiger partial charge is 0.261 e. The van der Waals surface area contributed by atoms with E-state index in [4.69, 9.17) is 20.2 Å². The summed E-state index contributed by atoms with van der Waals surface area (Å²) in [5.41, 5.74) is 7.27. The molecule has 2 atom stereocenters. The molecule has 0 bridgehead atoms. The Morgan fingerprint density at radius 2 is 1.91 bits per heavy atom. The molecule has 2 N–H and O–H groups in total. The van der Waals surface area contributed by atoms with Crippen LogP contribution in [-0.4, -0.2) is 51.5 Å². The van der Waals surface area contributed by atoms with E-state index >= 15 is 0 Å². The molecule has 5 rings (SSSR count). The second-order valence-electron chi connectivity index (χ2n) is 8.64. The summed E-state index contributed by atoms with van der Waals surface area (Å²) in [6, 6.07) is 9.63. The Morgan fingerprint density at radius 3 is 2.55 bits per heavy atom. The van der Waals surface area contributed by atoms with Crippen LogP contribution in [-0.2, 0) is 16.8 Å². The molecule has 2 aliphatic rings. The zero-order valence-electron chi connectivity index (χ0n) is 18.6. The maximum atomic E-state index is 13.5. The molecule has 0 saturated heterocycles. The van der Waals surface area contributed by atoms with Crippen LogP contribution in [0.1, 0.15) is 24.5 Å². The van der Waals surface area contributed by atoms with Gasteiger partial charge in [-0.05, 0) is 30.7 Å². The predicted molar refractivity (Wildman–Crippen MR) is 122 cm³/mol. The molecule has 1 unspecified atom stereocenters. The topological polar surface area (TPSA) is 116 Å². The van der Waals surface area contributed by atoms with Gasteiger partial charge in [-0.2, -0.15) is 0 Å². The Morgan fingerprint density at radius 1 is 1.18 bits per heavy atom. The van der Waals surface area contributed by atoms with E-state index in [1.165, 1.54) is 11.2 Å². The highest BCUT2D eigenvalue weighted by Crippen LogP contribution is 2.50. The fourth-order valence-corrected chi connectivity index (χ4v) is 4.64. The summed E-state index contributed by atoms with van der Waals surface area (Å²) in [7, 11) is 3.27. The largest absolute Gasteiger partial charge is 0.497 e. The summed E-state index contributed by atoms with van der Waals surface area (Å²) in [5.74, 6) is 1.29. The van der Waals surface area contributed by atoms with Crippen molar-refractivity contribution < 1.29 is 14.3 Å². The van der Waals surface area contributed by atoms with Crippen LogP contribution in [0.5, 0.6) is 11.5 Å². The molecule has 0 radical (unpaired) electrons. The normalized spacial score (nSPS) is 23.8. The van der Waals surface area contributed by atoms with Crippen LogP contribution in [0.25, 0.3) is 11.3 Å². The third-order valence-corrected chi connectivity index (χ3v) is 6.20. The predicted octanol–water partition coefficient (Wildman–Crippen LogP) is 2.31. The number of nitrogens with zero attached hydrogens (tertiary/aromatic N) is 5. The fraction of sp³-hybridized carbons (Fsp3) is 0.292. The molecule has 1 amide bonds. The molecular weight excluding hydrogens is 420 g/mol. The van der Waals surface area contributed by atoms with E-state index < -0.39 is 11.1 Å². The molecule has 4 heterocycles. The second-order valence-corrected chi connectivity index (χ2v) is 8.64. The Bertz CT molecular complexity index is 1250. The van der Waals surface area contributed by atoms with Crippen molar-refractivity contribution >= 4 is 11.9 Å². The number of fused-ring (bicyclic) bond motifs is 2. The van der Waals surface area contributed by atoms with Gasteiger partial charge in [-0.15, -0.1) is 0 Å². The molecule has 0 saturated carbocycles. The summed E-state index contributed by atoms with van der Waals surface area (Å²) < 4.78 is 11.7. The van der Waals surface area contributed by atoms with Crippen molar-refractivity contribution in [1.29, 1.82) is 0 Å². The Kier molecular flexibility index (Phi) is 4.77. The van der Waals surface area contributed by atoms with Gasteiger partial charge >= 0.3 is 0 Å². The molecule has 9 heteroatoms. The molecule has 33 heavy (non-hydrogen) atoms.